The summed E-state index contributed by atoms with van der Waals surface area (Å²) in [5, 5.41) is 5.70. The molecule has 0 aliphatic heterocycles. The van der Waals surface area contributed by atoms with E-state index in [2.05, 4.69) is 10.3 Å². The van der Waals surface area contributed by atoms with Gasteiger partial charge in [-0.3, -0.25) is 9.59 Å². The number of thiophene rings is 1. The van der Waals surface area contributed by atoms with Crippen LogP contribution in [0.25, 0.3) is 10.6 Å². The van der Waals surface area contributed by atoms with Gasteiger partial charge in [-0.2, -0.15) is 0 Å². The topological polar surface area (TPSA) is 111 Å². The summed E-state index contributed by atoms with van der Waals surface area (Å²) >= 11 is 8.20. The summed E-state index contributed by atoms with van der Waals surface area (Å²) in [6.07, 6.45) is 0. The van der Waals surface area contributed by atoms with Crippen molar-refractivity contribution in [1.82, 2.24) is 4.98 Å². The van der Waals surface area contributed by atoms with Gasteiger partial charge in [-0.15, -0.1) is 22.7 Å². The maximum Gasteiger partial charge on any atom is 0.350 e. The smallest absolute Gasteiger partial charge is 0.350 e. The maximum absolute atomic E-state index is 12.3. The van der Waals surface area contributed by atoms with E-state index >= 15 is 0 Å². The van der Waals surface area contributed by atoms with Crippen molar-refractivity contribution >= 4 is 57.1 Å². The first-order chi connectivity index (χ1) is 13.3. The van der Waals surface area contributed by atoms with E-state index in [9.17, 15) is 14.4 Å². The lowest BCUT2D eigenvalue weighted by molar-refractivity contribution is -0.119. The molecular weight excluding hydrogens is 422 g/mol. The summed E-state index contributed by atoms with van der Waals surface area (Å²) in [6.45, 7) is 1.19. The summed E-state index contributed by atoms with van der Waals surface area (Å²) in [7, 11) is 0. The van der Waals surface area contributed by atoms with Crippen LogP contribution in [0.4, 0.5) is 5.00 Å². The monoisotopic (exact) mass is 435 g/mol. The molecule has 3 N–H and O–H groups in total. The predicted octanol–water partition coefficient (Wildman–Crippen LogP) is 3.73. The van der Waals surface area contributed by atoms with Crippen molar-refractivity contribution in [2.24, 2.45) is 5.73 Å². The Morgan fingerprint density at radius 3 is 2.61 bits per heavy atom. The lowest BCUT2D eigenvalue weighted by Crippen LogP contribution is -2.22. The molecule has 28 heavy (non-hydrogen) atoms. The number of halogens is 1. The number of ether oxygens (including phenoxy) is 1. The summed E-state index contributed by atoms with van der Waals surface area (Å²) in [5.74, 6) is -1.87. The van der Waals surface area contributed by atoms with Crippen LogP contribution in [-0.4, -0.2) is 29.4 Å². The number of carbonyl (C=O) groups excluding carboxylic acids is 3. The van der Waals surface area contributed by atoms with Gasteiger partial charge in [0.05, 0.1) is 11.3 Å². The number of rotatable bonds is 6. The van der Waals surface area contributed by atoms with Gasteiger partial charge >= 0.3 is 5.97 Å². The molecule has 0 atom stereocenters. The van der Waals surface area contributed by atoms with Crippen molar-refractivity contribution in [3.05, 3.63) is 56.9 Å². The first kappa shape index (κ1) is 20.0. The van der Waals surface area contributed by atoms with E-state index in [4.69, 9.17) is 22.1 Å². The number of anilines is 1. The SMILES string of the molecule is Cc1nc(-c2ccc(Cl)cc2)sc1C(=O)OCC(=O)Nc1sccc1C(N)=O. The van der Waals surface area contributed by atoms with Crippen LogP contribution in [0.2, 0.25) is 5.02 Å². The van der Waals surface area contributed by atoms with Gasteiger partial charge in [0.2, 0.25) is 0 Å². The quantitative estimate of drug-likeness (QED) is 0.573. The maximum atomic E-state index is 12.3. The Balaban J connectivity index is 1.63. The molecular formula is C18H14ClN3O4S2. The highest BCUT2D eigenvalue weighted by atomic mass is 35.5. The molecule has 0 unspecified atom stereocenters. The third-order valence-corrected chi connectivity index (χ3v) is 5.86. The molecule has 0 radical (unpaired) electrons. The number of nitrogens with one attached hydrogen (secondary N) is 1. The highest BCUT2D eigenvalue weighted by Gasteiger charge is 2.19. The molecule has 0 bridgehead atoms. The number of benzene rings is 1. The Morgan fingerprint density at radius 2 is 1.93 bits per heavy atom. The largest absolute Gasteiger partial charge is 0.451 e. The number of amides is 2. The van der Waals surface area contributed by atoms with Crippen molar-refractivity contribution in [2.45, 2.75) is 6.92 Å². The molecule has 1 aromatic carbocycles. The van der Waals surface area contributed by atoms with Gasteiger partial charge in [-0.1, -0.05) is 23.7 Å². The van der Waals surface area contributed by atoms with Crippen molar-refractivity contribution < 1.29 is 19.1 Å². The molecule has 0 saturated heterocycles. The van der Waals surface area contributed by atoms with E-state index in [0.29, 0.717) is 25.6 Å². The third kappa shape index (κ3) is 4.56. The molecule has 144 valence electrons. The second-order valence-electron chi connectivity index (χ2n) is 5.59. The molecule has 0 saturated carbocycles. The summed E-state index contributed by atoms with van der Waals surface area (Å²) in [5.41, 5.74) is 6.76. The average Bonchev–Trinajstić information content (AvgIpc) is 3.27. The van der Waals surface area contributed by atoms with Crippen LogP contribution < -0.4 is 11.1 Å². The fourth-order valence-electron chi connectivity index (χ4n) is 2.26. The van der Waals surface area contributed by atoms with Crippen molar-refractivity contribution in [2.75, 3.05) is 11.9 Å². The number of primary amides is 1. The number of thiazole rings is 1. The molecule has 2 aromatic heterocycles. The third-order valence-electron chi connectivity index (χ3n) is 3.59. The van der Waals surface area contributed by atoms with Crippen molar-refractivity contribution in [3.63, 3.8) is 0 Å². The number of esters is 1. The molecule has 2 amide bonds. The van der Waals surface area contributed by atoms with Crippen LogP contribution in [-0.2, 0) is 9.53 Å². The molecule has 2 heterocycles. The van der Waals surface area contributed by atoms with Crippen LogP contribution in [0, 0.1) is 6.92 Å². The number of hydrogen-bond acceptors (Lipinski definition) is 7. The first-order valence-corrected chi connectivity index (χ1v) is 10.00. The van der Waals surface area contributed by atoms with Gasteiger partial charge < -0.3 is 15.8 Å². The fraction of sp³-hybridized carbons (Fsp3) is 0.111. The lowest BCUT2D eigenvalue weighted by atomic mass is 10.2. The summed E-state index contributed by atoms with van der Waals surface area (Å²) in [6, 6.07) is 8.59. The van der Waals surface area contributed by atoms with Crippen molar-refractivity contribution in [3.8, 4) is 10.6 Å². The summed E-state index contributed by atoms with van der Waals surface area (Å²) in [4.78, 5) is 40.3. The van der Waals surface area contributed by atoms with Crippen LogP contribution in [0.5, 0.6) is 0 Å². The van der Waals surface area contributed by atoms with Crippen LogP contribution in [0.1, 0.15) is 25.7 Å². The molecule has 0 aliphatic rings. The number of nitrogens with two attached hydrogens (primary N) is 1. The van der Waals surface area contributed by atoms with Crippen LogP contribution in [0.3, 0.4) is 0 Å². The molecule has 3 aromatic rings. The molecule has 7 nitrogen and oxygen atoms in total. The Labute approximate surface area is 173 Å². The van der Waals surface area contributed by atoms with Gasteiger partial charge in [0.25, 0.3) is 11.8 Å². The van der Waals surface area contributed by atoms with Crippen molar-refractivity contribution in [1.29, 1.82) is 0 Å². The van der Waals surface area contributed by atoms with Gasteiger partial charge in [-0.05, 0) is 30.5 Å². The Kier molecular flexibility index (Phi) is 6.08. The van der Waals surface area contributed by atoms with Gasteiger partial charge in [0, 0.05) is 10.6 Å². The second kappa shape index (κ2) is 8.51. The number of hydrogen-bond donors (Lipinski definition) is 2. The number of aromatic nitrogens is 1. The van der Waals surface area contributed by atoms with Crippen LogP contribution in [0.15, 0.2) is 35.7 Å². The average molecular weight is 436 g/mol. The zero-order chi connectivity index (χ0) is 20.3. The fourth-order valence-corrected chi connectivity index (χ4v) is 4.16. The van der Waals surface area contributed by atoms with Gasteiger partial charge in [0.15, 0.2) is 6.61 Å². The minimum atomic E-state index is -0.649. The lowest BCUT2D eigenvalue weighted by Gasteiger charge is -2.05. The molecule has 0 fully saturated rings. The molecule has 0 spiro atoms. The number of aryl methyl sites for hydroxylation is 1. The van der Waals surface area contributed by atoms with E-state index in [-0.39, 0.29) is 5.56 Å². The Bertz CT molecular complexity index is 1040. The van der Waals surface area contributed by atoms with Gasteiger partial charge in [-0.25, -0.2) is 9.78 Å². The van der Waals surface area contributed by atoms with Gasteiger partial charge in [0.1, 0.15) is 14.9 Å². The highest BCUT2D eigenvalue weighted by Crippen LogP contribution is 2.29. The standard InChI is InChI=1S/C18H14ClN3O4S2/c1-9-14(28-16(21-9)10-2-4-11(19)5-3-10)18(25)26-8-13(23)22-17-12(15(20)24)6-7-27-17/h2-7H,8H2,1H3,(H2,20,24)(H,22,23). The van der Waals surface area contributed by atoms with E-state index in [1.807, 2.05) is 0 Å². The first-order valence-electron chi connectivity index (χ1n) is 7.93. The minimum absolute atomic E-state index is 0.204. The molecule has 3 rings (SSSR count). The van der Waals surface area contributed by atoms with E-state index in [0.717, 1.165) is 16.9 Å². The second-order valence-corrected chi connectivity index (χ2v) is 7.94. The number of carbonyl (C=O) groups is 3. The molecule has 0 aliphatic carbocycles. The summed E-state index contributed by atoms with van der Waals surface area (Å²) < 4.78 is 5.07. The minimum Gasteiger partial charge on any atom is -0.451 e. The Hall–Kier alpha value is -2.75. The Morgan fingerprint density at radius 1 is 1.21 bits per heavy atom. The van der Waals surface area contributed by atoms with E-state index < -0.39 is 24.4 Å². The number of nitrogens with zero attached hydrogens (tertiary/aromatic N) is 1. The highest BCUT2D eigenvalue weighted by molar-refractivity contribution is 7.17. The van der Waals surface area contributed by atoms with E-state index in [1.54, 1.807) is 36.6 Å². The molecule has 10 heteroatoms. The predicted molar refractivity (Wildman–Crippen MR) is 109 cm³/mol. The zero-order valence-electron chi connectivity index (χ0n) is 14.5. The van der Waals surface area contributed by atoms with E-state index in [1.165, 1.54) is 17.4 Å². The zero-order valence-corrected chi connectivity index (χ0v) is 16.9. The normalized spacial score (nSPS) is 10.5. The van der Waals surface area contributed by atoms with Crippen LogP contribution >= 0.6 is 34.3 Å².